The van der Waals surface area contributed by atoms with E-state index in [4.69, 9.17) is 39.5 Å². The molecular weight excluding hydrogens is 393 g/mol. The van der Waals surface area contributed by atoms with Crippen LogP contribution in [0.15, 0.2) is 18.2 Å². The maximum atomic E-state index is 6.09. The fraction of sp³-hybridized carbons (Fsp3) is 0.600. The van der Waals surface area contributed by atoms with Gasteiger partial charge in [0.15, 0.2) is 3.79 Å². The summed E-state index contributed by atoms with van der Waals surface area (Å²) in [4.78, 5) is 0. The maximum Gasteiger partial charge on any atom is 0.341 e. The molecule has 1 rings (SSSR count). The number of hydrogen-bond acceptors (Lipinski definition) is 1. The monoisotopic (exact) mass is 412 g/mol. The second-order valence-corrected chi connectivity index (χ2v) is 9.03. The molecule has 0 aliphatic rings. The Morgan fingerprint density at radius 3 is 2.52 bits per heavy atom. The molecule has 0 aromatic heterocycles. The van der Waals surface area contributed by atoms with Crippen LogP contribution in [-0.4, -0.2) is 22.0 Å². The zero-order valence-electron chi connectivity index (χ0n) is 12.6. The van der Waals surface area contributed by atoms with E-state index in [-0.39, 0.29) is 11.6 Å². The lowest BCUT2D eigenvalue weighted by molar-refractivity contribution is 0.315. The van der Waals surface area contributed by atoms with Gasteiger partial charge in [-0.2, -0.15) is 0 Å². The van der Waals surface area contributed by atoms with Crippen LogP contribution < -0.4 is 5.46 Å². The van der Waals surface area contributed by atoms with Gasteiger partial charge < -0.3 is 4.65 Å². The van der Waals surface area contributed by atoms with Gasteiger partial charge in [0.05, 0.1) is 0 Å². The van der Waals surface area contributed by atoms with E-state index in [1.807, 2.05) is 0 Å². The molecule has 118 valence electrons. The number of unbranched alkanes of at least 4 members (excludes halogenated alkanes) is 1. The summed E-state index contributed by atoms with van der Waals surface area (Å²) < 4.78 is 4.74. The molecule has 0 bridgehead atoms. The van der Waals surface area contributed by atoms with E-state index in [0.717, 1.165) is 18.3 Å². The number of alkyl halides is 4. The van der Waals surface area contributed by atoms with Crippen LogP contribution in [0.5, 0.6) is 0 Å². The fourth-order valence-electron chi connectivity index (χ4n) is 2.14. The van der Waals surface area contributed by atoms with Gasteiger partial charge in [0.25, 0.3) is 0 Å². The van der Waals surface area contributed by atoms with E-state index in [1.54, 1.807) is 0 Å². The second kappa shape index (κ2) is 9.03. The van der Waals surface area contributed by atoms with Crippen LogP contribution in [0.1, 0.15) is 37.3 Å². The van der Waals surface area contributed by atoms with Crippen molar-refractivity contribution in [3.05, 3.63) is 29.3 Å². The van der Waals surface area contributed by atoms with Gasteiger partial charge >= 0.3 is 6.92 Å². The summed E-state index contributed by atoms with van der Waals surface area (Å²) in [5.74, 6) is 0. The number of rotatable bonds is 7. The Bertz CT molecular complexity index is 451. The topological polar surface area (TPSA) is 9.23 Å². The maximum absolute atomic E-state index is 6.09. The van der Waals surface area contributed by atoms with E-state index in [0.29, 0.717) is 13.0 Å². The summed E-state index contributed by atoms with van der Waals surface area (Å²) in [5.41, 5.74) is 3.55. The largest absolute Gasteiger partial charge is 0.430 e. The van der Waals surface area contributed by atoms with E-state index >= 15 is 0 Å². The third kappa shape index (κ3) is 7.13. The van der Waals surface area contributed by atoms with Crippen LogP contribution in [-0.2, 0) is 4.65 Å². The fourth-order valence-corrected chi connectivity index (χ4v) is 4.12. The average molecular weight is 414 g/mol. The molecule has 1 nitrogen and oxygen atoms in total. The number of benzene rings is 1. The molecule has 0 radical (unpaired) electrons. The van der Waals surface area contributed by atoms with E-state index in [2.05, 4.69) is 54.9 Å². The lowest BCUT2D eigenvalue weighted by atomic mass is 9.56. The van der Waals surface area contributed by atoms with Gasteiger partial charge in [-0.05, 0) is 25.7 Å². The Labute approximate surface area is 151 Å². The molecule has 6 heteroatoms. The summed E-state index contributed by atoms with van der Waals surface area (Å²) in [6, 6.07) is 6.36. The van der Waals surface area contributed by atoms with Crippen molar-refractivity contribution >= 4 is 63.1 Å². The molecule has 0 fully saturated rings. The lowest BCUT2D eigenvalue weighted by Gasteiger charge is -2.24. The SMILES string of the molecule is CCCCOB(c1cc(C)ccc1C)C(Br)CC(Cl)(Cl)Cl. The van der Waals surface area contributed by atoms with Crippen molar-refractivity contribution in [2.24, 2.45) is 0 Å². The van der Waals surface area contributed by atoms with Crippen molar-refractivity contribution in [2.75, 3.05) is 6.61 Å². The van der Waals surface area contributed by atoms with Crippen molar-refractivity contribution in [3.63, 3.8) is 0 Å². The van der Waals surface area contributed by atoms with Gasteiger partial charge in [0.2, 0.25) is 0 Å². The minimum atomic E-state index is -1.29. The first-order valence-corrected chi connectivity index (χ1v) is 9.19. The summed E-state index contributed by atoms with van der Waals surface area (Å²) in [7, 11) is 0. The first-order valence-electron chi connectivity index (χ1n) is 7.14. The Morgan fingerprint density at radius 1 is 1.29 bits per heavy atom. The minimum absolute atomic E-state index is 0.0534. The van der Waals surface area contributed by atoms with Gasteiger partial charge in [0.1, 0.15) is 0 Å². The van der Waals surface area contributed by atoms with Gasteiger partial charge in [-0.1, -0.05) is 93.4 Å². The first kappa shape index (κ1) is 19.6. The third-order valence-electron chi connectivity index (χ3n) is 3.29. The Kier molecular flexibility index (Phi) is 8.44. The van der Waals surface area contributed by atoms with Crippen LogP contribution in [0.2, 0.25) is 0 Å². The van der Waals surface area contributed by atoms with E-state index < -0.39 is 3.79 Å². The van der Waals surface area contributed by atoms with Gasteiger partial charge in [-0.15, -0.1) is 0 Å². The average Bonchev–Trinajstić information content (AvgIpc) is 2.36. The van der Waals surface area contributed by atoms with Crippen molar-refractivity contribution in [1.29, 1.82) is 0 Å². The molecule has 0 saturated heterocycles. The van der Waals surface area contributed by atoms with Crippen LogP contribution >= 0.6 is 50.7 Å². The quantitative estimate of drug-likeness (QED) is 0.331. The normalized spacial score (nSPS) is 13.3. The Morgan fingerprint density at radius 2 is 1.95 bits per heavy atom. The Hall–Kier alpha value is 0.595. The second-order valence-electron chi connectivity index (χ2n) is 5.34. The Balaban J connectivity index is 2.97. The van der Waals surface area contributed by atoms with Crippen molar-refractivity contribution in [3.8, 4) is 0 Å². The van der Waals surface area contributed by atoms with Gasteiger partial charge in [-0.3, -0.25) is 0 Å². The molecule has 1 atom stereocenters. The van der Waals surface area contributed by atoms with Gasteiger partial charge in [0, 0.05) is 17.8 Å². The molecule has 0 aliphatic carbocycles. The van der Waals surface area contributed by atoms with Crippen molar-refractivity contribution in [1.82, 2.24) is 0 Å². The standard InChI is InChI=1S/C15H21BBrCl3O/c1-4-5-8-21-16(14(17)10-15(18,19)20)13-9-11(2)6-7-12(13)3/h6-7,9,14H,4-5,8,10H2,1-3H3. The highest BCUT2D eigenvalue weighted by atomic mass is 79.9. The molecule has 0 heterocycles. The third-order valence-corrected chi connectivity index (χ3v) is 4.56. The van der Waals surface area contributed by atoms with E-state index in [1.165, 1.54) is 11.1 Å². The molecule has 0 saturated carbocycles. The smallest absolute Gasteiger partial charge is 0.341 e. The molecule has 0 aliphatic heterocycles. The number of halogens is 4. The highest BCUT2D eigenvalue weighted by molar-refractivity contribution is 9.10. The first-order chi connectivity index (χ1) is 9.74. The van der Waals surface area contributed by atoms with Crippen LogP contribution in [0.3, 0.4) is 0 Å². The van der Waals surface area contributed by atoms with E-state index in [9.17, 15) is 0 Å². The highest BCUT2D eigenvalue weighted by Gasteiger charge is 2.35. The zero-order valence-corrected chi connectivity index (χ0v) is 16.5. The summed E-state index contributed by atoms with van der Waals surface area (Å²) in [6.45, 7) is 6.89. The van der Waals surface area contributed by atoms with Crippen molar-refractivity contribution in [2.45, 2.75) is 48.6 Å². The predicted octanol–water partition coefficient (Wildman–Crippen LogP) is 5.38. The molecule has 0 N–H and O–H groups in total. The summed E-state index contributed by atoms with van der Waals surface area (Å²) in [6.07, 6.45) is 2.51. The van der Waals surface area contributed by atoms with Crippen LogP contribution in [0.25, 0.3) is 0 Å². The minimum Gasteiger partial charge on any atom is -0.430 e. The molecule has 0 amide bonds. The summed E-state index contributed by atoms with van der Waals surface area (Å²) >= 11 is 21.5. The van der Waals surface area contributed by atoms with Crippen LogP contribution in [0, 0.1) is 13.8 Å². The molecular formula is C15H21BBrCl3O. The number of aryl methyl sites for hydroxylation is 2. The number of hydrogen-bond donors (Lipinski definition) is 0. The van der Waals surface area contributed by atoms with Gasteiger partial charge in [-0.25, -0.2) is 0 Å². The molecule has 21 heavy (non-hydrogen) atoms. The molecule has 1 aromatic rings. The van der Waals surface area contributed by atoms with Crippen molar-refractivity contribution < 1.29 is 4.65 Å². The summed E-state index contributed by atoms with van der Waals surface area (Å²) in [5, 5.41) is 0. The molecule has 0 spiro atoms. The molecule has 1 unspecified atom stereocenters. The molecule has 1 aromatic carbocycles. The lowest BCUT2D eigenvalue weighted by Crippen LogP contribution is -2.45. The predicted molar refractivity (Wildman–Crippen MR) is 99.8 cm³/mol. The zero-order chi connectivity index (χ0) is 16.0. The highest BCUT2D eigenvalue weighted by Crippen LogP contribution is 2.34. The van der Waals surface area contributed by atoms with Crippen LogP contribution in [0.4, 0.5) is 0 Å².